The number of benzene rings is 1. The standard InChI is InChI=1S/C16H22N4O4/c1-11(19-20-16(24)15(23)17-8-9-21)10-14(22)18-12(2)13-6-4-3-5-7-13/h3-7,12,21H,8-10H2,1-2H3,(H,17,23)(H,18,22)(H,20,24)/b19-11-/t12-/m0/s1. The molecule has 1 rings (SSSR count). The van der Waals surface area contributed by atoms with Crippen molar-refractivity contribution in [1.29, 1.82) is 0 Å². The molecule has 0 bridgehead atoms. The van der Waals surface area contributed by atoms with Gasteiger partial charge < -0.3 is 15.7 Å². The molecule has 0 saturated heterocycles. The lowest BCUT2D eigenvalue weighted by Crippen LogP contribution is -2.39. The van der Waals surface area contributed by atoms with Crippen LogP contribution in [0.3, 0.4) is 0 Å². The highest BCUT2D eigenvalue weighted by molar-refractivity contribution is 6.35. The Bertz CT molecular complexity index is 601. The smallest absolute Gasteiger partial charge is 0.329 e. The van der Waals surface area contributed by atoms with E-state index < -0.39 is 11.8 Å². The second-order valence-electron chi connectivity index (χ2n) is 5.14. The van der Waals surface area contributed by atoms with Gasteiger partial charge in [0, 0.05) is 12.3 Å². The molecule has 0 heterocycles. The van der Waals surface area contributed by atoms with Gasteiger partial charge in [0.05, 0.1) is 19.1 Å². The SMILES string of the molecule is C/C(CC(=O)N[C@@H](C)c1ccccc1)=N/NC(=O)C(=O)NCCO. The van der Waals surface area contributed by atoms with Crippen LogP contribution in [0.25, 0.3) is 0 Å². The Balaban J connectivity index is 2.43. The Morgan fingerprint density at radius 2 is 1.83 bits per heavy atom. The molecule has 0 fully saturated rings. The quantitative estimate of drug-likeness (QED) is 0.315. The maximum Gasteiger partial charge on any atom is 0.329 e. The van der Waals surface area contributed by atoms with Crippen LogP contribution in [0.4, 0.5) is 0 Å². The van der Waals surface area contributed by atoms with Crippen molar-refractivity contribution in [2.75, 3.05) is 13.2 Å². The minimum atomic E-state index is -0.958. The van der Waals surface area contributed by atoms with Gasteiger partial charge in [0.1, 0.15) is 0 Å². The largest absolute Gasteiger partial charge is 0.395 e. The van der Waals surface area contributed by atoms with Crippen molar-refractivity contribution in [2.45, 2.75) is 26.3 Å². The minimum Gasteiger partial charge on any atom is -0.395 e. The van der Waals surface area contributed by atoms with Crippen molar-refractivity contribution in [3.05, 3.63) is 35.9 Å². The van der Waals surface area contributed by atoms with E-state index in [-0.39, 0.29) is 31.5 Å². The zero-order valence-electron chi connectivity index (χ0n) is 13.7. The highest BCUT2D eigenvalue weighted by Gasteiger charge is 2.13. The van der Waals surface area contributed by atoms with Crippen LogP contribution in [0.5, 0.6) is 0 Å². The second-order valence-corrected chi connectivity index (χ2v) is 5.14. The van der Waals surface area contributed by atoms with Crippen molar-refractivity contribution < 1.29 is 19.5 Å². The van der Waals surface area contributed by atoms with E-state index >= 15 is 0 Å². The first-order chi connectivity index (χ1) is 11.4. The van der Waals surface area contributed by atoms with E-state index in [2.05, 4.69) is 21.2 Å². The summed E-state index contributed by atoms with van der Waals surface area (Å²) in [6, 6.07) is 9.36. The Morgan fingerprint density at radius 1 is 1.17 bits per heavy atom. The lowest BCUT2D eigenvalue weighted by atomic mass is 10.1. The highest BCUT2D eigenvalue weighted by Crippen LogP contribution is 2.11. The number of aliphatic hydroxyl groups excluding tert-OH is 1. The number of carbonyl (C=O) groups excluding carboxylic acids is 3. The molecule has 0 aliphatic rings. The van der Waals surface area contributed by atoms with E-state index in [0.717, 1.165) is 5.56 Å². The van der Waals surface area contributed by atoms with Gasteiger partial charge >= 0.3 is 11.8 Å². The summed E-state index contributed by atoms with van der Waals surface area (Å²) in [5.41, 5.74) is 3.40. The molecule has 0 spiro atoms. The van der Waals surface area contributed by atoms with E-state index in [9.17, 15) is 14.4 Å². The average molecular weight is 334 g/mol. The Labute approximate surface area is 140 Å². The molecule has 8 heteroatoms. The predicted molar refractivity (Wildman–Crippen MR) is 89.0 cm³/mol. The molecule has 0 unspecified atom stereocenters. The minimum absolute atomic E-state index is 0.00425. The van der Waals surface area contributed by atoms with Gasteiger partial charge in [-0.1, -0.05) is 30.3 Å². The van der Waals surface area contributed by atoms with Crippen LogP contribution in [0.2, 0.25) is 0 Å². The topological polar surface area (TPSA) is 120 Å². The van der Waals surface area contributed by atoms with Crippen LogP contribution in [0.1, 0.15) is 31.9 Å². The number of hydrazone groups is 1. The van der Waals surface area contributed by atoms with E-state index in [1.165, 1.54) is 0 Å². The fourth-order valence-corrected chi connectivity index (χ4v) is 1.84. The summed E-state index contributed by atoms with van der Waals surface area (Å²) in [6.07, 6.45) is -0.00425. The Hall–Kier alpha value is -2.74. The highest BCUT2D eigenvalue weighted by atomic mass is 16.3. The van der Waals surface area contributed by atoms with Crippen molar-refractivity contribution in [2.24, 2.45) is 5.10 Å². The average Bonchev–Trinajstić information content (AvgIpc) is 2.58. The lowest BCUT2D eigenvalue weighted by Gasteiger charge is -2.14. The molecule has 0 aromatic heterocycles. The van der Waals surface area contributed by atoms with Crippen molar-refractivity contribution >= 4 is 23.4 Å². The third-order valence-corrected chi connectivity index (χ3v) is 3.05. The van der Waals surface area contributed by atoms with Crippen molar-refractivity contribution in [3.63, 3.8) is 0 Å². The molecule has 1 aromatic rings. The van der Waals surface area contributed by atoms with Crippen LogP contribution in [-0.4, -0.2) is 41.7 Å². The Morgan fingerprint density at radius 3 is 2.46 bits per heavy atom. The second kappa shape index (κ2) is 10.1. The van der Waals surface area contributed by atoms with Gasteiger partial charge in [-0.3, -0.25) is 14.4 Å². The third kappa shape index (κ3) is 7.01. The third-order valence-electron chi connectivity index (χ3n) is 3.05. The monoisotopic (exact) mass is 334 g/mol. The maximum absolute atomic E-state index is 11.9. The number of amides is 3. The first-order valence-electron chi connectivity index (χ1n) is 7.50. The Kier molecular flexibility index (Phi) is 8.14. The molecule has 0 radical (unpaired) electrons. The zero-order valence-corrected chi connectivity index (χ0v) is 13.7. The summed E-state index contributed by atoms with van der Waals surface area (Å²) >= 11 is 0. The summed E-state index contributed by atoms with van der Waals surface area (Å²) in [6.45, 7) is 3.15. The zero-order chi connectivity index (χ0) is 17.9. The molecule has 8 nitrogen and oxygen atoms in total. The summed E-state index contributed by atoms with van der Waals surface area (Å²) in [5.74, 6) is -2.10. The van der Waals surface area contributed by atoms with E-state index in [4.69, 9.17) is 5.11 Å². The van der Waals surface area contributed by atoms with Crippen molar-refractivity contribution in [3.8, 4) is 0 Å². The molecule has 130 valence electrons. The molecule has 0 aliphatic heterocycles. The predicted octanol–water partition coefficient (Wildman–Crippen LogP) is -0.145. The molecule has 1 aromatic carbocycles. The molecule has 3 amide bonds. The first kappa shape index (κ1) is 19.3. The molecular formula is C16H22N4O4. The van der Waals surface area contributed by atoms with Crippen molar-refractivity contribution in [1.82, 2.24) is 16.1 Å². The molecule has 24 heavy (non-hydrogen) atoms. The fraction of sp³-hybridized carbons (Fsp3) is 0.375. The molecular weight excluding hydrogens is 312 g/mol. The van der Waals surface area contributed by atoms with E-state index in [1.807, 2.05) is 37.3 Å². The van der Waals surface area contributed by atoms with E-state index in [0.29, 0.717) is 5.71 Å². The first-order valence-corrected chi connectivity index (χ1v) is 7.50. The maximum atomic E-state index is 11.9. The lowest BCUT2D eigenvalue weighted by molar-refractivity contribution is -0.139. The van der Waals surface area contributed by atoms with Gasteiger partial charge in [-0.15, -0.1) is 0 Å². The molecule has 4 N–H and O–H groups in total. The van der Waals surface area contributed by atoms with Gasteiger partial charge in [0.15, 0.2) is 0 Å². The van der Waals surface area contributed by atoms with E-state index in [1.54, 1.807) is 6.92 Å². The fourth-order valence-electron chi connectivity index (χ4n) is 1.84. The number of hydrogen-bond donors (Lipinski definition) is 4. The van der Waals surface area contributed by atoms with Gasteiger partial charge in [-0.05, 0) is 19.4 Å². The number of hydrogen-bond acceptors (Lipinski definition) is 5. The van der Waals surface area contributed by atoms with Gasteiger partial charge in [0.25, 0.3) is 0 Å². The van der Waals surface area contributed by atoms with Gasteiger partial charge in [-0.25, -0.2) is 5.43 Å². The van der Waals surface area contributed by atoms with Crippen LogP contribution in [0.15, 0.2) is 35.4 Å². The summed E-state index contributed by atoms with van der Waals surface area (Å²) in [7, 11) is 0. The summed E-state index contributed by atoms with van der Waals surface area (Å²) in [4.78, 5) is 34.6. The molecule has 0 saturated carbocycles. The number of aliphatic hydroxyl groups is 1. The van der Waals surface area contributed by atoms with Crippen LogP contribution in [-0.2, 0) is 14.4 Å². The van der Waals surface area contributed by atoms with Crippen LogP contribution in [0, 0.1) is 0 Å². The molecule has 0 aliphatic carbocycles. The van der Waals surface area contributed by atoms with Crippen LogP contribution < -0.4 is 16.1 Å². The van der Waals surface area contributed by atoms with Crippen LogP contribution >= 0.6 is 0 Å². The number of carbonyl (C=O) groups is 3. The van der Waals surface area contributed by atoms with Gasteiger partial charge in [0.2, 0.25) is 5.91 Å². The number of nitrogens with zero attached hydrogens (tertiary/aromatic N) is 1. The normalized spacial score (nSPS) is 12.2. The molecule has 1 atom stereocenters. The number of rotatable bonds is 7. The number of nitrogens with one attached hydrogen (secondary N) is 3. The summed E-state index contributed by atoms with van der Waals surface area (Å²) < 4.78 is 0. The van der Waals surface area contributed by atoms with Gasteiger partial charge in [-0.2, -0.15) is 5.10 Å². The summed E-state index contributed by atoms with van der Waals surface area (Å²) in [5, 5.41) is 17.3.